The number of amides is 1. The van der Waals surface area contributed by atoms with Crippen molar-refractivity contribution in [2.75, 3.05) is 4.90 Å². The van der Waals surface area contributed by atoms with Crippen molar-refractivity contribution in [3.05, 3.63) is 70.5 Å². The SMILES string of the molecule is CC(=O)Oc1ccc(C2C(C(=O)C(C)C)=C(O)C(=O)N2c2ccc(C)c(C)c2)cc1. The summed E-state index contributed by atoms with van der Waals surface area (Å²) < 4.78 is 5.08. The highest BCUT2D eigenvalue weighted by molar-refractivity contribution is 6.16. The van der Waals surface area contributed by atoms with E-state index in [0.717, 1.165) is 11.1 Å². The number of rotatable bonds is 5. The van der Waals surface area contributed by atoms with E-state index in [1.807, 2.05) is 26.0 Å². The second-order valence-corrected chi connectivity index (χ2v) is 7.79. The number of ether oxygens (including phenoxy) is 1. The highest BCUT2D eigenvalue weighted by Crippen LogP contribution is 2.42. The second kappa shape index (κ2) is 8.14. The summed E-state index contributed by atoms with van der Waals surface area (Å²) in [6.07, 6.45) is 0. The molecule has 1 unspecified atom stereocenters. The van der Waals surface area contributed by atoms with Crippen LogP contribution in [0.4, 0.5) is 5.69 Å². The first-order chi connectivity index (χ1) is 14.1. The van der Waals surface area contributed by atoms with Crippen LogP contribution in [0.1, 0.15) is 43.5 Å². The van der Waals surface area contributed by atoms with E-state index >= 15 is 0 Å². The van der Waals surface area contributed by atoms with E-state index in [1.165, 1.54) is 11.8 Å². The molecule has 2 aromatic carbocycles. The summed E-state index contributed by atoms with van der Waals surface area (Å²) in [5.74, 6) is -1.90. The maximum absolute atomic E-state index is 13.0. The first kappa shape index (κ1) is 21.3. The summed E-state index contributed by atoms with van der Waals surface area (Å²) in [5.41, 5.74) is 3.37. The van der Waals surface area contributed by atoms with Crippen molar-refractivity contribution in [2.45, 2.75) is 40.7 Å². The van der Waals surface area contributed by atoms with Gasteiger partial charge in [-0.25, -0.2) is 0 Å². The van der Waals surface area contributed by atoms with Gasteiger partial charge in [-0.05, 0) is 54.8 Å². The van der Waals surface area contributed by atoms with E-state index in [-0.39, 0.29) is 11.4 Å². The minimum Gasteiger partial charge on any atom is -0.503 e. The lowest BCUT2D eigenvalue weighted by molar-refractivity contribution is -0.131. The van der Waals surface area contributed by atoms with Crippen LogP contribution in [-0.2, 0) is 14.4 Å². The van der Waals surface area contributed by atoms with E-state index in [2.05, 4.69) is 0 Å². The van der Waals surface area contributed by atoms with Gasteiger partial charge in [-0.1, -0.05) is 32.0 Å². The van der Waals surface area contributed by atoms with Crippen molar-refractivity contribution in [2.24, 2.45) is 5.92 Å². The fourth-order valence-corrected chi connectivity index (χ4v) is 3.51. The molecule has 0 spiro atoms. The molecule has 1 amide bonds. The number of carbonyl (C=O) groups is 3. The van der Waals surface area contributed by atoms with Crippen molar-refractivity contribution in [3.8, 4) is 5.75 Å². The Kier molecular flexibility index (Phi) is 5.78. The fourth-order valence-electron chi connectivity index (χ4n) is 3.51. The molecule has 1 N–H and O–H groups in total. The van der Waals surface area contributed by atoms with Gasteiger partial charge in [-0.15, -0.1) is 0 Å². The third-order valence-corrected chi connectivity index (χ3v) is 5.22. The zero-order chi connectivity index (χ0) is 22.2. The summed E-state index contributed by atoms with van der Waals surface area (Å²) >= 11 is 0. The summed E-state index contributed by atoms with van der Waals surface area (Å²) in [7, 11) is 0. The van der Waals surface area contributed by atoms with E-state index in [0.29, 0.717) is 17.0 Å². The fraction of sp³-hybridized carbons (Fsp3) is 0.292. The lowest BCUT2D eigenvalue weighted by atomic mass is 9.91. The van der Waals surface area contributed by atoms with Crippen LogP contribution >= 0.6 is 0 Å². The number of anilines is 1. The average Bonchev–Trinajstić information content (AvgIpc) is 2.94. The zero-order valence-corrected chi connectivity index (χ0v) is 17.7. The molecule has 1 aliphatic heterocycles. The molecule has 6 nitrogen and oxygen atoms in total. The van der Waals surface area contributed by atoms with Crippen LogP contribution in [0.2, 0.25) is 0 Å². The highest BCUT2D eigenvalue weighted by atomic mass is 16.5. The van der Waals surface area contributed by atoms with Crippen LogP contribution in [0, 0.1) is 19.8 Å². The van der Waals surface area contributed by atoms with E-state index in [4.69, 9.17) is 4.74 Å². The number of aliphatic hydroxyl groups is 1. The van der Waals surface area contributed by atoms with Crippen LogP contribution in [-0.4, -0.2) is 22.8 Å². The summed E-state index contributed by atoms with van der Waals surface area (Å²) in [6, 6.07) is 11.4. The molecule has 2 aromatic rings. The third-order valence-electron chi connectivity index (χ3n) is 5.22. The standard InChI is InChI=1S/C24H25NO5/c1-13(2)22(27)20-21(17-7-10-19(11-8-17)30-16(5)26)25(24(29)23(20)28)18-9-6-14(3)15(4)12-18/h6-13,21,28H,1-5H3. The van der Waals surface area contributed by atoms with Gasteiger partial charge in [-0.2, -0.15) is 0 Å². The number of carbonyl (C=O) groups excluding carboxylic acids is 3. The first-order valence-electron chi connectivity index (χ1n) is 9.78. The molecule has 1 heterocycles. The Morgan fingerprint density at radius 1 is 1.03 bits per heavy atom. The minimum atomic E-state index is -0.777. The molecule has 0 saturated heterocycles. The van der Waals surface area contributed by atoms with Gasteiger partial charge in [0.05, 0.1) is 11.6 Å². The molecule has 1 atom stereocenters. The number of benzene rings is 2. The smallest absolute Gasteiger partial charge is 0.308 e. The van der Waals surface area contributed by atoms with Crippen molar-refractivity contribution < 1.29 is 24.2 Å². The summed E-state index contributed by atoms with van der Waals surface area (Å²) in [4.78, 5) is 38.6. The van der Waals surface area contributed by atoms with Gasteiger partial charge < -0.3 is 9.84 Å². The molecule has 3 rings (SSSR count). The Balaban J connectivity index is 2.14. The van der Waals surface area contributed by atoms with Crippen LogP contribution in [0.3, 0.4) is 0 Å². The van der Waals surface area contributed by atoms with Gasteiger partial charge in [0.1, 0.15) is 5.75 Å². The second-order valence-electron chi connectivity index (χ2n) is 7.79. The maximum Gasteiger partial charge on any atom is 0.308 e. The predicted octanol–water partition coefficient (Wildman–Crippen LogP) is 4.35. The normalized spacial score (nSPS) is 16.4. The van der Waals surface area contributed by atoms with Gasteiger partial charge in [0.2, 0.25) is 0 Å². The van der Waals surface area contributed by atoms with E-state index < -0.39 is 29.6 Å². The molecule has 0 aromatic heterocycles. The molecule has 6 heteroatoms. The Bertz CT molecular complexity index is 1050. The molecule has 0 saturated carbocycles. The molecule has 1 aliphatic rings. The molecular formula is C24H25NO5. The largest absolute Gasteiger partial charge is 0.503 e. The number of aryl methyl sites for hydroxylation is 2. The number of esters is 1. The predicted molar refractivity (Wildman–Crippen MR) is 113 cm³/mol. The molecular weight excluding hydrogens is 382 g/mol. The highest BCUT2D eigenvalue weighted by Gasteiger charge is 2.44. The number of Topliss-reactive ketones (excluding diaryl/α,β-unsaturated/α-hetero) is 1. The Morgan fingerprint density at radius 3 is 2.20 bits per heavy atom. The Hall–Kier alpha value is -3.41. The van der Waals surface area contributed by atoms with Crippen LogP contribution in [0.25, 0.3) is 0 Å². The molecule has 0 radical (unpaired) electrons. The number of hydrogen-bond acceptors (Lipinski definition) is 5. The van der Waals surface area contributed by atoms with E-state index in [1.54, 1.807) is 44.2 Å². The van der Waals surface area contributed by atoms with E-state index in [9.17, 15) is 19.5 Å². The van der Waals surface area contributed by atoms with Crippen molar-refractivity contribution in [1.82, 2.24) is 0 Å². The van der Waals surface area contributed by atoms with Crippen LogP contribution in [0.15, 0.2) is 53.8 Å². The van der Waals surface area contributed by atoms with Crippen LogP contribution in [0.5, 0.6) is 5.75 Å². The van der Waals surface area contributed by atoms with Crippen molar-refractivity contribution in [3.63, 3.8) is 0 Å². The van der Waals surface area contributed by atoms with Gasteiger partial charge in [-0.3, -0.25) is 19.3 Å². The molecule has 0 bridgehead atoms. The van der Waals surface area contributed by atoms with Gasteiger partial charge >= 0.3 is 5.97 Å². The average molecular weight is 407 g/mol. The van der Waals surface area contributed by atoms with Gasteiger partial charge in [0, 0.05) is 18.5 Å². The maximum atomic E-state index is 13.0. The molecule has 156 valence electrons. The molecule has 0 aliphatic carbocycles. The lowest BCUT2D eigenvalue weighted by Crippen LogP contribution is -2.31. The first-order valence-corrected chi connectivity index (χ1v) is 9.78. The number of aliphatic hydroxyl groups excluding tert-OH is 1. The zero-order valence-electron chi connectivity index (χ0n) is 17.7. The Labute approximate surface area is 175 Å². The molecule has 0 fully saturated rings. The Morgan fingerprint density at radius 2 is 1.67 bits per heavy atom. The number of nitrogens with zero attached hydrogens (tertiary/aromatic N) is 1. The van der Waals surface area contributed by atoms with Crippen molar-refractivity contribution in [1.29, 1.82) is 0 Å². The number of ketones is 1. The summed E-state index contributed by atoms with van der Waals surface area (Å²) in [6.45, 7) is 8.68. The third kappa shape index (κ3) is 3.85. The quantitative estimate of drug-likeness (QED) is 0.588. The monoisotopic (exact) mass is 407 g/mol. The van der Waals surface area contributed by atoms with Gasteiger partial charge in [0.15, 0.2) is 11.5 Å². The summed E-state index contributed by atoms with van der Waals surface area (Å²) in [5, 5.41) is 10.6. The molecule has 30 heavy (non-hydrogen) atoms. The number of hydrogen-bond donors (Lipinski definition) is 1. The minimum absolute atomic E-state index is 0.0773. The van der Waals surface area contributed by atoms with Gasteiger partial charge in [0.25, 0.3) is 5.91 Å². The van der Waals surface area contributed by atoms with Crippen LogP contribution < -0.4 is 9.64 Å². The van der Waals surface area contributed by atoms with Crippen molar-refractivity contribution >= 4 is 23.3 Å². The lowest BCUT2D eigenvalue weighted by Gasteiger charge is -2.28. The topological polar surface area (TPSA) is 83.9 Å².